The van der Waals surface area contributed by atoms with Gasteiger partial charge in [-0.25, -0.2) is 4.98 Å². The lowest BCUT2D eigenvalue weighted by Gasteiger charge is -2.29. The van der Waals surface area contributed by atoms with E-state index in [0.29, 0.717) is 17.3 Å². The molecule has 0 atom stereocenters. The van der Waals surface area contributed by atoms with Gasteiger partial charge in [-0.05, 0) is 47.7 Å². The Kier molecular flexibility index (Phi) is 4.65. The molecule has 0 aromatic carbocycles. The molecule has 1 aromatic heterocycles. The summed E-state index contributed by atoms with van der Waals surface area (Å²) >= 11 is 9.45. The molecule has 0 spiro atoms. The van der Waals surface area contributed by atoms with E-state index in [9.17, 15) is 0 Å². The van der Waals surface area contributed by atoms with Crippen molar-refractivity contribution in [3.8, 4) is 0 Å². The number of halogens is 2. The number of hydrogen-bond acceptors (Lipinski definition) is 3. The molecule has 0 radical (unpaired) electrons. The number of rotatable bonds is 3. The van der Waals surface area contributed by atoms with Crippen molar-refractivity contribution in [1.29, 1.82) is 0 Å². The summed E-state index contributed by atoms with van der Waals surface area (Å²) in [6, 6.07) is 2.44. The van der Waals surface area contributed by atoms with Crippen LogP contribution in [0, 0.1) is 0 Å². The predicted molar refractivity (Wildman–Crippen MR) is 73.6 cm³/mol. The van der Waals surface area contributed by atoms with E-state index < -0.39 is 0 Å². The molecule has 1 aliphatic rings. The maximum atomic E-state index is 6.05. The van der Waals surface area contributed by atoms with Crippen LogP contribution >= 0.6 is 27.5 Å². The molecule has 17 heavy (non-hydrogen) atoms. The van der Waals surface area contributed by atoms with E-state index in [2.05, 4.69) is 26.2 Å². The highest BCUT2D eigenvalue weighted by Crippen LogP contribution is 2.28. The van der Waals surface area contributed by atoms with Gasteiger partial charge in [0.15, 0.2) is 5.15 Å². The quantitative estimate of drug-likeness (QED) is 0.859. The van der Waals surface area contributed by atoms with E-state index >= 15 is 0 Å². The Hall–Kier alpha value is -0.320. The van der Waals surface area contributed by atoms with Crippen LogP contribution in [0.25, 0.3) is 0 Å². The van der Waals surface area contributed by atoms with Crippen LogP contribution in [0.15, 0.2) is 16.7 Å². The summed E-state index contributed by atoms with van der Waals surface area (Å²) in [6.45, 7) is 0. The zero-order valence-corrected chi connectivity index (χ0v) is 12.1. The standard InChI is InChI=1S/C12H16BrClN2O/c1-17-10-4-2-9(3-5-10)16-11-6-8(13)7-15-12(11)14/h6-7,9-10,16H,2-5H2,1H3. The van der Waals surface area contributed by atoms with E-state index in [4.69, 9.17) is 16.3 Å². The Morgan fingerprint density at radius 2 is 2.12 bits per heavy atom. The van der Waals surface area contributed by atoms with Crippen molar-refractivity contribution < 1.29 is 4.74 Å². The fourth-order valence-electron chi connectivity index (χ4n) is 2.19. The number of nitrogens with one attached hydrogen (secondary N) is 1. The topological polar surface area (TPSA) is 34.1 Å². The number of aromatic nitrogens is 1. The number of methoxy groups -OCH3 is 1. The summed E-state index contributed by atoms with van der Waals surface area (Å²) in [5, 5.41) is 3.98. The molecule has 3 nitrogen and oxygen atoms in total. The van der Waals surface area contributed by atoms with Crippen molar-refractivity contribution in [2.45, 2.75) is 37.8 Å². The van der Waals surface area contributed by atoms with Crippen molar-refractivity contribution in [2.75, 3.05) is 12.4 Å². The van der Waals surface area contributed by atoms with Gasteiger partial charge in [-0.2, -0.15) is 0 Å². The molecule has 0 bridgehead atoms. The van der Waals surface area contributed by atoms with Gasteiger partial charge in [0.05, 0.1) is 11.8 Å². The highest BCUT2D eigenvalue weighted by molar-refractivity contribution is 9.10. The Morgan fingerprint density at radius 3 is 2.76 bits per heavy atom. The van der Waals surface area contributed by atoms with Crippen LogP contribution in [0.4, 0.5) is 5.69 Å². The Bertz CT molecular complexity index is 381. The molecule has 0 unspecified atom stereocenters. The fraction of sp³-hybridized carbons (Fsp3) is 0.583. The molecule has 1 N–H and O–H groups in total. The second-order valence-electron chi connectivity index (χ2n) is 4.35. The van der Waals surface area contributed by atoms with E-state index in [0.717, 1.165) is 35.8 Å². The molecule has 0 amide bonds. The zero-order chi connectivity index (χ0) is 12.3. The van der Waals surface area contributed by atoms with Crippen LogP contribution < -0.4 is 5.32 Å². The number of ether oxygens (including phenoxy) is 1. The first-order chi connectivity index (χ1) is 8.19. The van der Waals surface area contributed by atoms with Crippen LogP contribution in [-0.4, -0.2) is 24.2 Å². The lowest BCUT2D eigenvalue weighted by atomic mass is 9.93. The minimum Gasteiger partial charge on any atom is -0.381 e. The van der Waals surface area contributed by atoms with Gasteiger partial charge in [-0.1, -0.05) is 11.6 Å². The maximum absolute atomic E-state index is 6.05. The highest BCUT2D eigenvalue weighted by Gasteiger charge is 2.21. The average Bonchev–Trinajstić information content (AvgIpc) is 2.35. The summed E-state index contributed by atoms with van der Waals surface area (Å²) in [6.07, 6.45) is 6.56. The van der Waals surface area contributed by atoms with Crippen molar-refractivity contribution >= 4 is 33.2 Å². The maximum Gasteiger partial charge on any atom is 0.152 e. The van der Waals surface area contributed by atoms with Gasteiger partial charge in [0.25, 0.3) is 0 Å². The second-order valence-corrected chi connectivity index (χ2v) is 5.62. The molecule has 0 aliphatic heterocycles. The van der Waals surface area contributed by atoms with Gasteiger partial charge in [0.2, 0.25) is 0 Å². The molecule has 2 rings (SSSR count). The Balaban J connectivity index is 1.95. The van der Waals surface area contributed by atoms with Gasteiger partial charge in [-0.15, -0.1) is 0 Å². The summed E-state index contributed by atoms with van der Waals surface area (Å²) in [4.78, 5) is 4.11. The van der Waals surface area contributed by atoms with Crippen LogP contribution in [0.3, 0.4) is 0 Å². The van der Waals surface area contributed by atoms with E-state index in [1.54, 1.807) is 13.3 Å². The molecular formula is C12H16BrClN2O. The second kappa shape index (κ2) is 6.03. The first kappa shape index (κ1) is 13.1. The molecule has 1 fully saturated rings. The Labute approximate surface area is 115 Å². The van der Waals surface area contributed by atoms with Crippen molar-refractivity contribution in [3.63, 3.8) is 0 Å². The summed E-state index contributed by atoms with van der Waals surface area (Å²) < 4.78 is 6.30. The largest absolute Gasteiger partial charge is 0.381 e. The number of anilines is 1. The molecule has 5 heteroatoms. The van der Waals surface area contributed by atoms with E-state index in [1.807, 2.05) is 6.07 Å². The average molecular weight is 320 g/mol. The first-order valence-electron chi connectivity index (χ1n) is 5.79. The van der Waals surface area contributed by atoms with Crippen molar-refractivity contribution in [3.05, 3.63) is 21.9 Å². The molecular weight excluding hydrogens is 304 g/mol. The molecule has 1 aliphatic carbocycles. The lowest BCUT2D eigenvalue weighted by molar-refractivity contribution is 0.0682. The minimum atomic E-state index is 0.421. The SMILES string of the molecule is COC1CCC(Nc2cc(Br)cnc2Cl)CC1. The fourth-order valence-corrected chi connectivity index (χ4v) is 2.68. The van der Waals surface area contributed by atoms with Crippen molar-refractivity contribution in [2.24, 2.45) is 0 Å². The van der Waals surface area contributed by atoms with Gasteiger partial charge >= 0.3 is 0 Å². The Morgan fingerprint density at radius 1 is 1.41 bits per heavy atom. The first-order valence-corrected chi connectivity index (χ1v) is 6.96. The minimum absolute atomic E-state index is 0.421. The summed E-state index contributed by atoms with van der Waals surface area (Å²) in [5.74, 6) is 0. The highest BCUT2D eigenvalue weighted by atomic mass is 79.9. The number of hydrogen-bond donors (Lipinski definition) is 1. The van der Waals surface area contributed by atoms with Crippen LogP contribution in [0.1, 0.15) is 25.7 Å². The summed E-state index contributed by atoms with van der Waals surface area (Å²) in [7, 11) is 1.79. The van der Waals surface area contributed by atoms with E-state index in [-0.39, 0.29) is 0 Å². The monoisotopic (exact) mass is 318 g/mol. The van der Waals surface area contributed by atoms with Crippen LogP contribution in [0.2, 0.25) is 5.15 Å². The van der Waals surface area contributed by atoms with Gasteiger partial charge in [0, 0.05) is 23.8 Å². The zero-order valence-electron chi connectivity index (χ0n) is 9.75. The summed E-state index contributed by atoms with van der Waals surface area (Å²) in [5.41, 5.74) is 0.905. The van der Waals surface area contributed by atoms with Gasteiger partial charge < -0.3 is 10.1 Å². The molecule has 0 saturated heterocycles. The lowest BCUT2D eigenvalue weighted by Crippen LogP contribution is -2.29. The smallest absolute Gasteiger partial charge is 0.152 e. The van der Waals surface area contributed by atoms with E-state index in [1.165, 1.54) is 0 Å². The van der Waals surface area contributed by atoms with Crippen LogP contribution in [-0.2, 0) is 4.74 Å². The third kappa shape index (κ3) is 3.57. The van der Waals surface area contributed by atoms with Gasteiger partial charge in [0.1, 0.15) is 0 Å². The predicted octanol–water partition coefficient (Wildman–Crippen LogP) is 3.87. The molecule has 1 saturated carbocycles. The third-order valence-corrected chi connectivity index (χ3v) is 3.91. The molecule has 1 heterocycles. The molecule has 94 valence electrons. The normalized spacial score (nSPS) is 24.6. The number of pyridine rings is 1. The number of nitrogens with zero attached hydrogens (tertiary/aromatic N) is 1. The van der Waals surface area contributed by atoms with Crippen molar-refractivity contribution in [1.82, 2.24) is 4.98 Å². The third-order valence-electron chi connectivity index (χ3n) is 3.17. The molecule has 1 aromatic rings. The van der Waals surface area contributed by atoms with Crippen LogP contribution in [0.5, 0.6) is 0 Å². The van der Waals surface area contributed by atoms with Gasteiger partial charge in [-0.3, -0.25) is 0 Å².